The molecule has 1 aliphatic carbocycles. The predicted octanol–water partition coefficient (Wildman–Crippen LogP) is 2.98. The fourth-order valence-corrected chi connectivity index (χ4v) is 2.71. The van der Waals surface area contributed by atoms with Crippen molar-refractivity contribution >= 4 is 35.8 Å². The van der Waals surface area contributed by atoms with Gasteiger partial charge in [-0.25, -0.2) is 0 Å². The molecular formula is C21H35IN4O2. The topological polar surface area (TPSA) is 57.2 Å². The molecule has 0 spiro atoms. The van der Waals surface area contributed by atoms with E-state index in [2.05, 4.69) is 15.2 Å². The average molecular weight is 502 g/mol. The van der Waals surface area contributed by atoms with Crippen molar-refractivity contribution in [3.63, 3.8) is 0 Å². The van der Waals surface area contributed by atoms with Crippen molar-refractivity contribution in [2.24, 2.45) is 10.9 Å². The maximum atomic E-state index is 12.3. The monoisotopic (exact) mass is 502 g/mol. The van der Waals surface area contributed by atoms with Gasteiger partial charge >= 0.3 is 0 Å². The fourth-order valence-electron chi connectivity index (χ4n) is 2.71. The molecule has 1 aromatic carbocycles. The minimum atomic E-state index is 0. The van der Waals surface area contributed by atoms with E-state index >= 15 is 0 Å². The molecule has 2 rings (SSSR count). The molecule has 0 bridgehead atoms. The van der Waals surface area contributed by atoms with E-state index in [1.165, 1.54) is 12.8 Å². The van der Waals surface area contributed by atoms with E-state index in [0.29, 0.717) is 26.1 Å². The zero-order valence-corrected chi connectivity index (χ0v) is 19.7. The maximum absolute atomic E-state index is 12.3. The fraction of sp³-hybridized carbons (Fsp3) is 0.619. The summed E-state index contributed by atoms with van der Waals surface area (Å²) in [6.07, 6.45) is 3.03. The highest BCUT2D eigenvalue weighted by atomic mass is 127. The van der Waals surface area contributed by atoms with Crippen LogP contribution in [0, 0.1) is 5.92 Å². The van der Waals surface area contributed by atoms with Crippen LogP contribution in [-0.4, -0.2) is 68.6 Å². The van der Waals surface area contributed by atoms with Gasteiger partial charge in [-0.2, -0.15) is 0 Å². The van der Waals surface area contributed by atoms with Gasteiger partial charge in [0.05, 0.1) is 13.2 Å². The number of guanidine groups is 1. The number of amides is 1. The van der Waals surface area contributed by atoms with E-state index < -0.39 is 0 Å². The van der Waals surface area contributed by atoms with Crippen LogP contribution in [0.1, 0.15) is 31.7 Å². The smallest absolute Gasteiger partial charge is 0.224 e. The molecule has 0 unspecified atom stereocenters. The summed E-state index contributed by atoms with van der Waals surface area (Å²) in [5, 5.41) is 3.28. The zero-order valence-electron chi connectivity index (χ0n) is 17.4. The highest BCUT2D eigenvalue weighted by molar-refractivity contribution is 14.0. The number of ether oxygens (including phenoxy) is 1. The third-order valence-corrected chi connectivity index (χ3v) is 4.59. The number of halogens is 1. The predicted molar refractivity (Wildman–Crippen MR) is 125 cm³/mol. The van der Waals surface area contributed by atoms with Crippen LogP contribution in [0.3, 0.4) is 0 Å². The summed E-state index contributed by atoms with van der Waals surface area (Å²) >= 11 is 0. The van der Waals surface area contributed by atoms with Crippen LogP contribution < -0.4 is 5.32 Å². The lowest BCUT2D eigenvalue weighted by atomic mass is 10.2. The maximum Gasteiger partial charge on any atom is 0.224 e. The van der Waals surface area contributed by atoms with E-state index in [1.807, 2.05) is 51.4 Å². The van der Waals surface area contributed by atoms with Crippen molar-refractivity contribution in [3.8, 4) is 0 Å². The van der Waals surface area contributed by atoms with E-state index in [4.69, 9.17) is 4.74 Å². The number of aliphatic imine (C=N–C) groups is 1. The Morgan fingerprint density at radius 2 is 1.93 bits per heavy atom. The number of benzene rings is 1. The number of nitrogens with zero attached hydrogens (tertiary/aromatic N) is 3. The van der Waals surface area contributed by atoms with Crippen LogP contribution in [0.15, 0.2) is 35.3 Å². The molecule has 1 saturated carbocycles. The Balaban J connectivity index is 0.00000392. The number of carbonyl (C=O) groups is 1. The number of nitrogens with one attached hydrogen (secondary N) is 1. The molecule has 0 atom stereocenters. The molecule has 0 saturated heterocycles. The van der Waals surface area contributed by atoms with Gasteiger partial charge in [0, 0.05) is 46.8 Å². The van der Waals surface area contributed by atoms with Gasteiger partial charge in [-0.05, 0) is 31.2 Å². The number of likely N-dealkylation sites (N-methyl/N-ethyl adjacent to an activating group) is 1. The SMILES string of the molecule is CCNC(=NCCC(=O)N(C)Cc1ccccc1)N(C)CCOCC1CC1.I. The van der Waals surface area contributed by atoms with E-state index in [9.17, 15) is 4.79 Å². The van der Waals surface area contributed by atoms with E-state index in [0.717, 1.165) is 37.1 Å². The number of carbonyl (C=O) groups excluding carboxylic acids is 1. The third-order valence-electron chi connectivity index (χ3n) is 4.59. The normalized spacial score (nSPS) is 13.6. The number of hydrogen-bond donors (Lipinski definition) is 1. The quantitative estimate of drug-likeness (QED) is 0.219. The summed E-state index contributed by atoms with van der Waals surface area (Å²) in [6, 6.07) is 10.0. The van der Waals surface area contributed by atoms with Crippen molar-refractivity contribution in [1.29, 1.82) is 0 Å². The van der Waals surface area contributed by atoms with Gasteiger partial charge in [-0.3, -0.25) is 9.79 Å². The summed E-state index contributed by atoms with van der Waals surface area (Å²) in [5.41, 5.74) is 1.14. The molecule has 1 fully saturated rings. The largest absolute Gasteiger partial charge is 0.379 e. The standard InChI is InChI=1S/C21H34N4O2.HI/c1-4-22-21(24(2)14-15-27-17-19-10-11-19)23-13-12-20(26)25(3)16-18-8-6-5-7-9-18;/h5-9,19H,4,10-17H2,1-3H3,(H,22,23);1H. The van der Waals surface area contributed by atoms with Gasteiger partial charge in [-0.1, -0.05) is 30.3 Å². The molecular weight excluding hydrogens is 467 g/mol. The van der Waals surface area contributed by atoms with Crippen LogP contribution in [0.25, 0.3) is 0 Å². The second-order valence-corrected chi connectivity index (χ2v) is 7.16. The Bertz CT molecular complexity index is 593. The molecule has 1 aromatic rings. The molecule has 0 heterocycles. The lowest BCUT2D eigenvalue weighted by Crippen LogP contribution is -2.40. The van der Waals surface area contributed by atoms with Crippen LogP contribution in [0.4, 0.5) is 0 Å². The molecule has 158 valence electrons. The van der Waals surface area contributed by atoms with E-state index in [1.54, 1.807) is 4.90 Å². The third kappa shape index (κ3) is 9.73. The minimum absolute atomic E-state index is 0. The molecule has 1 N–H and O–H groups in total. The lowest BCUT2D eigenvalue weighted by molar-refractivity contribution is -0.130. The van der Waals surface area contributed by atoms with Gasteiger partial charge in [0.25, 0.3) is 0 Å². The second kappa shape index (κ2) is 13.8. The van der Waals surface area contributed by atoms with Gasteiger partial charge < -0.3 is 19.9 Å². The van der Waals surface area contributed by atoms with Crippen LogP contribution in [-0.2, 0) is 16.1 Å². The van der Waals surface area contributed by atoms with Crippen LogP contribution in [0.2, 0.25) is 0 Å². The Kier molecular flexibility index (Phi) is 12.1. The van der Waals surface area contributed by atoms with Crippen molar-refractivity contribution in [2.45, 2.75) is 32.7 Å². The molecule has 6 nitrogen and oxygen atoms in total. The van der Waals surface area contributed by atoms with E-state index in [-0.39, 0.29) is 29.9 Å². The molecule has 1 aliphatic rings. The second-order valence-electron chi connectivity index (χ2n) is 7.16. The molecule has 0 aromatic heterocycles. The van der Waals surface area contributed by atoms with Gasteiger partial charge in [0.15, 0.2) is 5.96 Å². The summed E-state index contributed by atoms with van der Waals surface area (Å²) in [4.78, 5) is 20.8. The molecule has 28 heavy (non-hydrogen) atoms. The van der Waals surface area contributed by atoms with Crippen molar-refractivity contribution in [2.75, 3.05) is 46.9 Å². The average Bonchev–Trinajstić information content (AvgIpc) is 3.49. The number of rotatable bonds is 11. The Hall–Kier alpha value is -1.35. The molecule has 7 heteroatoms. The minimum Gasteiger partial charge on any atom is -0.379 e. The van der Waals surface area contributed by atoms with Gasteiger partial charge in [-0.15, -0.1) is 24.0 Å². The Morgan fingerprint density at radius 3 is 2.57 bits per heavy atom. The van der Waals surface area contributed by atoms with Crippen LogP contribution >= 0.6 is 24.0 Å². The first-order valence-electron chi connectivity index (χ1n) is 9.95. The lowest BCUT2D eigenvalue weighted by Gasteiger charge is -2.22. The van der Waals surface area contributed by atoms with Crippen molar-refractivity contribution < 1.29 is 9.53 Å². The summed E-state index contributed by atoms with van der Waals surface area (Å²) in [6.45, 7) is 6.33. The van der Waals surface area contributed by atoms with Crippen molar-refractivity contribution in [3.05, 3.63) is 35.9 Å². The zero-order chi connectivity index (χ0) is 19.5. The van der Waals surface area contributed by atoms with Crippen LogP contribution in [0.5, 0.6) is 0 Å². The number of hydrogen-bond acceptors (Lipinski definition) is 3. The highest BCUT2D eigenvalue weighted by Crippen LogP contribution is 2.28. The summed E-state index contributed by atoms with van der Waals surface area (Å²) in [7, 11) is 3.85. The first kappa shape index (κ1) is 24.7. The Morgan fingerprint density at radius 1 is 1.21 bits per heavy atom. The Labute approximate surface area is 186 Å². The first-order chi connectivity index (χ1) is 13.1. The van der Waals surface area contributed by atoms with Gasteiger partial charge in [0.1, 0.15) is 0 Å². The summed E-state index contributed by atoms with van der Waals surface area (Å²) in [5.74, 6) is 1.72. The summed E-state index contributed by atoms with van der Waals surface area (Å²) < 4.78 is 5.70. The molecule has 0 aliphatic heterocycles. The van der Waals surface area contributed by atoms with Gasteiger partial charge in [0.2, 0.25) is 5.91 Å². The molecule has 0 radical (unpaired) electrons. The molecule has 1 amide bonds. The highest BCUT2D eigenvalue weighted by Gasteiger charge is 2.21. The first-order valence-corrected chi connectivity index (χ1v) is 9.95. The van der Waals surface area contributed by atoms with Crippen molar-refractivity contribution in [1.82, 2.24) is 15.1 Å².